The summed E-state index contributed by atoms with van der Waals surface area (Å²) < 4.78 is 5.45. The van der Waals surface area contributed by atoms with Gasteiger partial charge in [0.05, 0.1) is 11.6 Å². The molecule has 1 fully saturated rings. The number of likely N-dealkylation sites (tertiary alicyclic amines) is 1. The molecule has 1 aromatic carbocycles. The molecular formula is C17H22ClN3O4. The van der Waals surface area contributed by atoms with Crippen molar-refractivity contribution in [3.8, 4) is 5.75 Å². The van der Waals surface area contributed by atoms with Gasteiger partial charge in [0, 0.05) is 25.9 Å². The topological polar surface area (TPSA) is 87.7 Å². The molecule has 136 valence electrons. The minimum atomic E-state index is -0.554. The molecule has 8 heteroatoms. The zero-order chi connectivity index (χ0) is 18.2. The van der Waals surface area contributed by atoms with E-state index in [4.69, 9.17) is 16.3 Å². The second-order valence-corrected chi connectivity index (χ2v) is 6.21. The predicted molar refractivity (Wildman–Crippen MR) is 93.5 cm³/mol. The molecule has 2 N–H and O–H groups in total. The summed E-state index contributed by atoms with van der Waals surface area (Å²) in [5.41, 5.74) is 0. The molecule has 1 aliphatic rings. The summed E-state index contributed by atoms with van der Waals surface area (Å²) in [7, 11) is 0. The van der Waals surface area contributed by atoms with Crippen molar-refractivity contribution in [2.75, 3.05) is 26.2 Å². The van der Waals surface area contributed by atoms with Crippen LogP contribution in [0.3, 0.4) is 0 Å². The van der Waals surface area contributed by atoms with Gasteiger partial charge in [-0.3, -0.25) is 14.9 Å². The number of nitrogens with one attached hydrogen (secondary N) is 2. The van der Waals surface area contributed by atoms with Gasteiger partial charge in [-0.05, 0) is 25.0 Å². The molecule has 0 bridgehead atoms. The Morgan fingerprint density at radius 2 is 1.92 bits per heavy atom. The van der Waals surface area contributed by atoms with E-state index in [0.29, 0.717) is 36.7 Å². The number of para-hydroxylation sites is 1. The zero-order valence-electron chi connectivity index (χ0n) is 14.1. The fourth-order valence-electron chi connectivity index (χ4n) is 2.60. The number of imide groups is 1. The summed E-state index contributed by atoms with van der Waals surface area (Å²) in [6.07, 6.45) is 1.13. The highest BCUT2D eigenvalue weighted by molar-refractivity contribution is 6.32. The molecule has 0 aliphatic carbocycles. The van der Waals surface area contributed by atoms with Gasteiger partial charge in [0.1, 0.15) is 12.4 Å². The standard InChI is InChI=1S/C17H22ClN3O4/c1-12(22)21-9-6-13(7-10-21)16(23)20-17(24)19-8-11-25-15-5-3-2-4-14(15)18/h2-5,13H,6-11H2,1H3,(H2,19,20,23,24). The molecule has 1 heterocycles. The number of urea groups is 1. The van der Waals surface area contributed by atoms with Crippen LogP contribution >= 0.6 is 11.6 Å². The number of halogens is 1. The van der Waals surface area contributed by atoms with E-state index in [1.54, 1.807) is 29.2 Å². The van der Waals surface area contributed by atoms with Gasteiger partial charge in [-0.25, -0.2) is 4.79 Å². The third-order valence-electron chi connectivity index (χ3n) is 4.03. The molecule has 1 aliphatic heterocycles. The first kappa shape index (κ1) is 19.1. The Labute approximate surface area is 151 Å². The van der Waals surface area contributed by atoms with Crippen LogP contribution in [-0.4, -0.2) is 49.0 Å². The fraction of sp³-hybridized carbons (Fsp3) is 0.471. The van der Waals surface area contributed by atoms with Crippen molar-refractivity contribution in [2.45, 2.75) is 19.8 Å². The van der Waals surface area contributed by atoms with Gasteiger partial charge in [-0.1, -0.05) is 23.7 Å². The molecule has 4 amide bonds. The number of hydrogen-bond donors (Lipinski definition) is 2. The lowest BCUT2D eigenvalue weighted by molar-refractivity contribution is -0.133. The van der Waals surface area contributed by atoms with Crippen LogP contribution < -0.4 is 15.4 Å². The molecule has 0 radical (unpaired) electrons. The number of hydrogen-bond acceptors (Lipinski definition) is 4. The Morgan fingerprint density at radius 1 is 1.24 bits per heavy atom. The Balaban J connectivity index is 1.64. The van der Waals surface area contributed by atoms with E-state index < -0.39 is 6.03 Å². The molecule has 2 rings (SSSR count). The lowest BCUT2D eigenvalue weighted by Gasteiger charge is -2.30. The molecule has 0 aromatic heterocycles. The van der Waals surface area contributed by atoms with E-state index in [-0.39, 0.29) is 30.9 Å². The second-order valence-electron chi connectivity index (χ2n) is 5.80. The maximum atomic E-state index is 12.1. The molecule has 0 saturated carbocycles. The normalized spacial score (nSPS) is 14.7. The van der Waals surface area contributed by atoms with Crippen LogP contribution in [0, 0.1) is 5.92 Å². The fourth-order valence-corrected chi connectivity index (χ4v) is 2.79. The van der Waals surface area contributed by atoms with Crippen molar-refractivity contribution in [3.05, 3.63) is 29.3 Å². The first-order valence-corrected chi connectivity index (χ1v) is 8.56. The molecular weight excluding hydrogens is 346 g/mol. The molecule has 25 heavy (non-hydrogen) atoms. The van der Waals surface area contributed by atoms with Crippen molar-refractivity contribution in [1.29, 1.82) is 0 Å². The Kier molecular flexibility index (Phi) is 7.06. The van der Waals surface area contributed by atoms with Gasteiger partial charge >= 0.3 is 6.03 Å². The number of carbonyl (C=O) groups excluding carboxylic acids is 3. The lowest BCUT2D eigenvalue weighted by Crippen LogP contribution is -2.47. The van der Waals surface area contributed by atoms with Crippen LogP contribution in [0.5, 0.6) is 5.75 Å². The molecule has 1 aromatic rings. The highest BCUT2D eigenvalue weighted by Crippen LogP contribution is 2.22. The highest BCUT2D eigenvalue weighted by Gasteiger charge is 2.26. The molecule has 0 atom stereocenters. The Bertz CT molecular complexity index is 630. The van der Waals surface area contributed by atoms with Gasteiger partial charge in [-0.2, -0.15) is 0 Å². The summed E-state index contributed by atoms with van der Waals surface area (Å²) in [5, 5.41) is 5.39. The van der Waals surface area contributed by atoms with E-state index >= 15 is 0 Å². The minimum absolute atomic E-state index is 0.00937. The molecule has 7 nitrogen and oxygen atoms in total. The molecule has 1 saturated heterocycles. The highest BCUT2D eigenvalue weighted by atomic mass is 35.5. The van der Waals surface area contributed by atoms with Crippen molar-refractivity contribution in [3.63, 3.8) is 0 Å². The summed E-state index contributed by atoms with van der Waals surface area (Å²) >= 11 is 5.96. The SMILES string of the molecule is CC(=O)N1CCC(C(=O)NC(=O)NCCOc2ccccc2Cl)CC1. The van der Waals surface area contributed by atoms with Crippen LogP contribution in [0.2, 0.25) is 5.02 Å². The third-order valence-corrected chi connectivity index (χ3v) is 4.34. The van der Waals surface area contributed by atoms with Crippen molar-refractivity contribution >= 4 is 29.4 Å². The van der Waals surface area contributed by atoms with Crippen LogP contribution in [0.4, 0.5) is 4.79 Å². The van der Waals surface area contributed by atoms with Crippen LogP contribution in [-0.2, 0) is 9.59 Å². The number of rotatable bonds is 5. The second kappa shape index (κ2) is 9.27. The van der Waals surface area contributed by atoms with E-state index in [1.807, 2.05) is 0 Å². The van der Waals surface area contributed by atoms with Gasteiger partial charge in [0.25, 0.3) is 0 Å². The lowest BCUT2D eigenvalue weighted by atomic mass is 9.96. The molecule has 0 spiro atoms. The van der Waals surface area contributed by atoms with Gasteiger partial charge in [-0.15, -0.1) is 0 Å². The quantitative estimate of drug-likeness (QED) is 0.777. The average Bonchev–Trinajstić information content (AvgIpc) is 2.60. The van der Waals surface area contributed by atoms with Gasteiger partial charge in [0.2, 0.25) is 11.8 Å². The van der Waals surface area contributed by atoms with Crippen molar-refractivity contribution < 1.29 is 19.1 Å². The summed E-state index contributed by atoms with van der Waals surface area (Å²) in [4.78, 5) is 36.8. The predicted octanol–water partition coefficient (Wildman–Crippen LogP) is 1.80. The summed E-state index contributed by atoms with van der Waals surface area (Å²) in [5.74, 6) is -0.0109. The van der Waals surface area contributed by atoms with E-state index in [9.17, 15) is 14.4 Å². The first-order chi connectivity index (χ1) is 12.0. The maximum absolute atomic E-state index is 12.1. The number of carbonyl (C=O) groups is 3. The van der Waals surface area contributed by atoms with Gasteiger partial charge in [0.15, 0.2) is 0 Å². The van der Waals surface area contributed by atoms with E-state index in [0.717, 1.165) is 0 Å². The van der Waals surface area contributed by atoms with E-state index in [1.165, 1.54) is 6.92 Å². The van der Waals surface area contributed by atoms with Crippen LogP contribution in [0.25, 0.3) is 0 Å². The van der Waals surface area contributed by atoms with Crippen molar-refractivity contribution in [2.24, 2.45) is 5.92 Å². The number of nitrogens with zero attached hydrogens (tertiary/aromatic N) is 1. The molecule has 0 unspecified atom stereocenters. The Hall–Kier alpha value is -2.28. The number of amides is 4. The third kappa shape index (κ3) is 5.94. The van der Waals surface area contributed by atoms with Gasteiger partial charge < -0.3 is 15.0 Å². The van der Waals surface area contributed by atoms with Crippen molar-refractivity contribution in [1.82, 2.24) is 15.5 Å². The monoisotopic (exact) mass is 367 g/mol. The average molecular weight is 368 g/mol. The first-order valence-electron chi connectivity index (χ1n) is 8.19. The number of ether oxygens (including phenoxy) is 1. The van der Waals surface area contributed by atoms with Crippen LogP contribution in [0.1, 0.15) is 19.8 Å². The Morgan fingerprint density at radius 3 is 2.56 bits per heavy atom. The smallest absolute Gasteiger partial charge is 0.321 e. The number of benzene rings is 1. The van der Waals surface area contributed by atoms with Crippen LogP contribution in [0.15, 0.2) is 24.3 Å². The largest absolute Gasteiger partial charge is 0.490 e. The summed E-state index contributed by atoms with van der Waals surface area (Å²) in [6, 6.07) is 6.50. The number of piperidine rings is 1. The van der Waals surface area contributed by atoms with E-state index in [2.05, 4.69) is 10.6 Å². The zero-order valence-corrected chi connectivity index (χ0v) is 14.8. The maximum Gasteiger partial charge on any atom is 0.321 e. The summed E-state index contributed by atoms with van der Waals surface area (Å²) in [6.45, 7) is 3.08. The minimum Gasteiger partial charge on any atom is -0.490 e.